The van der Waals surface area contributed by atoms with E-state index in [2.05, 4.69) is 15.3 Å². The van der Waals surface area contributed by atoms with Gasteiger partial charge in [0.1, 0.15) is 6.33 Å². The van der Waals surface area contributed by atoms with Crippen LogP contribution in [0.5, 0.6) is 0 Å². The fourth-order valence-corrected chi connectivity index (χ4v) is 2.06. The summed E-state index contributed by atoms with van der Waals surface area (Å²) >= 11 is 0. The normalized spacial score (nSPS) is 11.8. The predicted molar refractivity (Wildman–Crippen MR) is 75.0 cm³/mol. The lowest BCUT2D eigenvalue weighted by Crippen LogP contribution is -2.30. The molecule has 23 heavy (non-hydrogen) atoms. The summed E-state index contributed by atoms with van der Waals surface area (Å²) in [6, 6.07) is 4.61. The zero-order valence-corrected chi connectivity index (χ0v) is 12.0. The maximum absolute atomic E-state index is 12.3. The Morgan fingerprint density at radius 1 is 1.09 bits per heavy atom. The molecule has 1 amide bonds. The van der Waals surface area contributed by atoms with E-state index in [9.17, 15) is 26.4 Å². The second-order valence-corrected chi connectivity index (χ2v) is 5.89. The van der Waals surface area contributed by atoms with Crippen LogP contribution >= 0.6 is 0 Å². The molecule has 11 heteroatoms. The van der Waals surface area contributed by atoms with Gasteiger partial charge < -0.3 is 5.32 Å². The number of alkyl halides is 3. The van der Waals surface area contributed by atoms with E-state index in [0.717, 1.165) is 12.1 Å². The average Bonchev–Trinajstić information content (AvgIpc) is 2.47. The van der Waals surface area contributed by atoms with Gasteiger partial charge in [0, 0.05) is 11.3 Å². The van der Waals surface area contributed by atoms with E-state index in [1.807, 2.05) is 0 Å². The van der Waals surface area contributed by atoms with Gasteiger partial charge in [0.2, 0.25) is 0 Å². The van der Waals surface area contributed by atoms with E-state index in [1.165, 1.54) is 35.6 Å². The molecule has 0 fully saturated rings. The van der Waals surface area contributed by atoms with Gasteiger partial charge in [-0.3, -0.25) is 9.52 Å². The number of nitrogens with zero attached hydrogens (tertiary/aromatic N) is 2. The lowest BCUT2D eigenvalue weighted by atomic mass is 10.2. The number of anilines is 2. The van der Waals surface area contributed by atoms with Gasteiger partial charge in [-0.05, 0) is 18.2 Å². The van der Waals surface area contributed by atoms with Crippen LogP contribution in [0.2, 0.25) is 0 Å². The Labute approximate surface area is 128 Å². The molecular formula is C12H9F3N4O3S. The predicted octanol–water partition coefficient (Wildman–Crippen LogP) is 1.99. The molecule has 2 rings (SSSR count). The number of hydrogen-bond donors (Lipinski definition) is 2. The number of sulfonamides is 1. The Hall–Kier alpha value is -2.69. The van der Waals surface area contributed by atoms with Gasteiger partial charge >= 0.3 is 15.5 Å². The van der Waals surface area contributed by atoms with Crippen molar-refractivity contribution < 1.29 is 26.4 Å². The SMILES string of the molecule is O=C(Nc1cncnc1)c1cccc(NS(=O)(=O)C(F)(F)F)c1. The summed E-state index contributed by atoms with van der Waals surface area (Å²) in [5, 5.41) is 2.42. The van der Waals surface area contributed by atoms with Gasteiger partial charge in [-0.1, -0.05) is 6.07 Å². The number of nitrogens with one attached hydrogen (secondary N) is 2. The molecule has 0 spiro atoms. The van der Waals surface area contributed by atoms with Crippen molar-refractivity contribution in [2.24, 2.45) is 0 Å². The molecule has 0 radical (unpaired) electrons. The van der Waals surface area contributed by atoms with Crippen LogP contribution in [0, 0.1) is 0 Å². The van der Waals surface area contributed by atoms with Crippen LogP contribution in [0.3, 0.4) is 0 Å². The molecule has 0 saturated carbocycles. The number of rotatable bonds is 4. The molecule has 0 saturated heterocycles. The topological polar surface area (TPSA) is 101 Å². The number of aromatic nitrogens is 2. The Morgan fingerprint density at radius 3 is 2.35 bits per heavy atom. The van der Waals surface area contributed by atoms with Crippen LogP contribution in [0.4, 0.5) is 24.5 Å². The summed E-state index contributed by atoms with van der Waals surface area (Å²) in [5.74, 6) is -0.659. The molecule has 0 aliphatic carbocycles. The van der Waals surface area contributed by atoms with E-state index in [4.69, 9.17) is 0 Å². The maximum atomic E-state index is 12.3. The van der Waals surface area contributed by atoms with Gasteiger partial charge in [0.15, 0.2) is 0 Å². The molecule has 1 heterocycles. The number of benzene rings is 1. The van der Waals surface area contributed by atoms with Gasteiger partial charge in [-0.2, -0.15) is 21.6 Å². The molecule has 0 bridgehead atoms. The lowest BCUT2D eigenvalue weighted by molar-refractivity contribution is -0.0429. The minimum absolute atomic E-state index is 0.0452. The molecule has 0 aliphatic heterocycles. The maximum Gasteiger partial charge on any atom is 0.516 e. The Kier molecular flexibility index (Phi) is 4.50. The monoisotopic (exact) mass is 346 g/mol. The third-order valence-electron chi connectivity index (χ3n) is 2.50. The van der Waals surface area contributed by atoms with Crippen LogP contribution in [-0.4, -0.2) is 29.8 Å². The van der Waals surface area contributed by atoms with Crippen molar-refractivity contribution in [3.63, 3.8) is 0 Å². The third kappa shape index (κ3) is 4.16. The molecule has 0 unspecified atom stereocenters. The van der Waals surface area contributed by atoms with E-state index in [-0.39, 0.29) is 16.9 Å². The van der Waals surface area contributed by atoms with Crippen LogP contribution < -0.4 is 10.0 Å². The molecule has 7 nitrogen and oxygen atoms in total. The Bertz CT molecular complexity index is 810. The molecule has 0 aliphatic rings. The first-order valence-corrected chi connectivity index (χ1v) is 7.43. The van der Waals surface area contributed by atoms with Crippen molar-refractivity contribution in [2.75, 3.05) is 10.0 Å². The molecule has 0 atom stereocenters. The van der Waals surface area contributed by atoms with Gasteiger partial charge in [-0.15, -0.1) is 0 Å². The van der Waals surface area contributed by atoms with Crippen molar-refractivity contribution >= 4 is 27.3 Å². The molecule has 2 N–H and O–H groups in total. The highest BCUT2D eigenvalue weighted by atomic mass is 32.2. The van der Waals surface area contributed by atoms with E-state index in [0.29, 0.717) is 0 Å². The highest BCUT2D eigenvalue weighted by Gasteiger charge is 2.46. The molecule has 122 valence electrons. The van der Waals surface area contributed by atoms with E-state index in [1.54, 1.807) is 0 Å². The Morgan fingerprint density at radius 2 is 1.74 bits per heavy atom. The second kappa shape index (κ2) is 6.20. The number of halogens is 3. The fraction of sp³-hybridized carbons (Fsp3) is 0.0833. The minimum atomic E-state index is -5.55. The smallest absolute Gasteiger partial charge is 0.319 e. The zero-order valence-electron chi connectivity index (χ0n) is 11.2. The molecular weight excluding hydrogens is 337 g/mol. The van der Waals surface area contributed by atoms with Crippen molar-refractivity contribution in [1.82, 2.24) is 9.97 Å². The first-order valence-electron chi connectivity index (χ1n) is 5.94. The minimum Gasteiger partial charge on any atom is -0.319 e. The highest BCUT2D eigenvalue weighted by molar-refractivity contribution is 7.93. The van der Waals surface area contributed by atoms with Crippen LogP contribution in [0.15, 0.2) is 43.0 Å². The third-order valence-corrected chi connectivity index (χ3v) is 3.61. The molecule has 1 aromatic heterocycles. The van der Waals surface area contributed by atoms with Crippen molar-refractivity contribution in [2.45, 2.75) is 5.51 Å². The van der Waals surface area contributed by atoms with Gasteiger partial charge in [0.05, 0.1) is 18.1 Å². The largest absolute Gasteiger partial charge is 0.516 e. The summed E-state index contributed by atoms with van der Waals surface area (Å²) in [7, 11) is -5.55. The van der Waals surface area contributed by atoms with Gasteiger partial charge in [0.25, 0.3) is 5.91 Å². The standard InChI is InChI=1S/C12H9F3N4O3S/c13-12(14,15)23(21,22)19-9-3-1-2-8(4-9)11(20)18-10-5-16-7-17-6-10/h1-7,19H,(H,18,20). The summed E-state index contributed by atoms with van der Waals surface area (Å²) < 4.78 is 60.4. The lowest BCUT2D eigenvalue weighted by Gasteiger charge is -2.11. The van der Waals surface area contributed by atoms with Gasteiger partial charge in [-0.25, -0.2) is 9.97 Å². The quantitative estimate of drug-likeness (QED) is 0.882. The summed E-state index contributed by atoms with van der Waals surface area (Å²) in [6.45, 7) is 0. The Balaban J connectivity index is 2.19. The summed E-state index contributed by atoms with van der Waals surface area (Å²) in [5.41, 5.74) is -5.61. The van der Waals surface area contributed by atoms with Crippen LogP contribution in [-0.2, 0) is 10.0 Å². The number of carbonyl (C=O) groups is 1. The van der Waals surface area contributed by atoms with Crippen LogP contribution in [0.1, 0.15) is 10.4 Å². The fourth-order valence-electron chi connectivity index (χ4n) is 1.50. The average molecular weight is 346 g/mol. The first-order chi connectivity index (χ1) is 10.7. The number of amides is 1. The highest BCUT2D eigenvalue weighted by Crippen LogP contribution is 2.25. The molecule has 1 aromatic carbocycles. The van der Waals surface area contributed by atoms with E-state index < -0.39 is 21.4 Å². The summed E-state index contributed by atoms with van der Waals surface area (Å²) in [6.07, 6.45) is 3.89. The molecule has 2 aromatic rings. The van der Waals surface area contributed by atoms with Crippen LogP contribution in [0.25, 0.3) is 0 Å². The number of hydrogen-bond acceptors (Lipinski definition) is 5. The van der Waals surface area contributed by atoms with Crippen molar-refractivity contribution in [1.29, 1.82) is 0 Å². The van der Waals surface area contributed by atoms with Crippen molar-refractivity contribution in [3.05, 3.63) is 48.5 Å². The number of carbonyl (C=O) groups excluding carboxylic acids is 1. The summed E-state index contributed by atoms with van der Waals surface area (Å²) in [4.78, 5) is 19.3. The second-order valence-electron chi connectivity index (χ2n) is 4.21. The zero-order chi connectivity index (χ0) is 17.1. The van der Waals surface area contributed by atoms with E-state index >= 15 is 0 Å². The van der Waals surface area contributed by atoms with Crippen molar-refractivity contribution in [3.8, 4) is 0 Å². The first kappa shape index (κ1) is 16.7.